The van der Waals surface area contributed by atoms with Gasteiger partial charge in [0.05, 0.1) is 0 Å². The van der Waals surface area contributed by atoms with Crippen LogP contribution in [-0.4, -0.2) is 29.7 Å². The van der Waals surface area contributed by atoms with Crippen molar-refractivity contribution in [1.82, 2.24) is 10.3 Å². The number of benzene rings is 1. The molecule has 0 bridgehead atoms. The van der Waals surface area contributed by atoms with E-state index < -0.39 is 0 Å². The molecule has 1 saturated heterocycles. The fourth-order valence-corrected chi connectivity index (χ4v) is 2.65. The summed E-state index contributed by atoms with van der Waals surface area (Å²) in [5.41, 5.74) is 0. The summed E-state index contributed by atoms with van der Waals surface area (Å²) in [5.74, 6) is 1.87. The first kappa shape index (κ1) is 12.2. The summed E-state index contributed by atoms with van der Waals surface area (Å²) in [6.07, 6.45) is 4.30. The quantitative estimate of drug-likeness (QED) is 0.790. The Labute approximate surface area is 112 Å². The minimum atomic E-state index is 0.293. The second kappa shape index (κ2) is 5.45. The standard InChI is InChI=1S/C15H19N3O/c19-13-3-4-14-12(8-13)5-7-17-15(14)18-10-11-2-1-6-16-9-11/h3-5,7-8,11,16,19H,1-2,6,9-10H2,(H,17,18). The van der Waals surface area contributed by atoms with E-state index in [0.717, 1.165) is 36.2 Å². The van der Waals surface area contributed by atoms with E-state index in [1.54, 1.807) is 18.3 Å². The largest absolute Gasteiger partial charge is 0.508 e. The van der Waals surface area contributed by atoms with Gasteiger partial charge >= 0.3 is 0 Å². The average Bonchev–Trinajstić information content (AvgIpc) is 2.45. The summed E-state index contributed by atoms with van der Waals surface area (Å²) < 4.78 is 0. The number of hydrogen-bond acceptors (Lipinski definition) is 4. The molecule has 100 valence electrons. The van der Waals surface area contributed by atoms with Gasteiger partial charge in [0.15, 0.2) is 0 Å². The lowest BCUT2D eigenvalue weighted by Crippen LogP contribution is -2.33. The van der Waals surface area contributed by atoms with Crippen LogP contribution in [0.5, 0.6) is 5.75 Å². The van der Waals surface area contributed by atoms with E-state index in [9.17, 15) is 5.11 Å². The fourth-order valence-electron chi connectivity index (χ4n) is 2.65. The smallest absolute Gasteiger partial charge is 0.133 e. The van der Waals surface area contributed by atoms with Crippen LogP contribution < -0.4 is 10.6 Å². The lowest BCUT2D eigenvalue weighted by atomic mass is 10.00. The molecule has 1 aliphatic heterocycles. The number of hydrogen-bond donors (Lipinski definition) is 3. The fraction of sp³-hybridized carbons (Fsp3) is 0.400. The van der Waals surface area contributed by atoms with Crippen LogP contribution >= 0.6 is 0 Å². The Balaban J connectivity index is 1.76. The van der Waals surface area contributed by atoms with Crippen molar-refractivity contribution >= 4 is 16.6 Å². The van der Waals surface area contributed by atoms with Crippen LogP contribution in [0.3, 0.4) is 0 Å². The third-order valence-corrected chi connectivity index (χ3v) is 3.71. The Hall–Kier alpha value is -1.81. The van der Waals surface area contributed by atoms with Crippen LogP contribution in [0.25, 0.3) is 10.8 Å². The van der Waals surface area contributed by atoms with Crippen LogP contribution in [-0.2, 0) is 0 Å². The predicted octanol–water partition coefficient (Wildman–Crippen LogP) is 2.35. The minimum Gasteiger partial charge on any atom is -0.508 e. The zero-order valence-corrected chi connectivity index (χ0v) is 10.9. The molecule has 1 aromatic heterocycles. The molecule has 2 aromatic rings. The highest BCUT2D eigenvalue weighted by Crippen LogP contribution is 2.25. The second-order valence-corrected chi connectivity index (χ2v) is 5.16. The van der Waals surface area contributed by atoms with E-state index in [-0.39, 0.29) is 0 Å². The van der Waals surface area contributed by atoms with Crippen molar-refractivity contribution in [3.05, 3.63) is 30.5 Å². The number of phenols is 1. The topological polar surface area (TPSA) is 57.2 Å². The number of anilines is 1. The number of nitrogens with one attached hydrogen (secondary N) is 2. The molecular formula is C15H19N3O. The molecule has 1 unspecified atom stereocenters. The van der Waals surface area contributed by atoms with Gasteiger partial charge in [-0.2, -0.15) is 0 Å². The van der Waals surface area contributed by atoms with E-state index in [1.807, 2.05) is 12.1 Å². The number of pyridine rings is 1. The van der Waals surface area contributed by atoms with Gasteiger partial charge in [0.1, 0.15) is 11.6 Å². The number of piperidine rings is 1. The third-order valence-electron chi connectivity index (χ3n) is 3.71. The summed E-state index contributed by atoms with van der Waals surface area (Å²) in [4.78, 5) is 4.41. The van der Waals surface area contributed by atoms with Crippen molar-refractivity contribution in [3.8, 4) is 5.75 Å². The first-order valence-electron chi connectivity index (χ1n) is 6.85. The maximum Gasteiger partial charge on any atom is 0.133 e. The van der Waals surface area contributed by atoms with E-state index in [1.165, 1.54) is 12.8 Å². The first-order valence-corrected chi connectivity index (χ1v) is 6.85. The van der Waals surface area contributed by atoms with E-state index in [2.05, 4.69) is 15.6 Å². The van der Waals surface area contributed by atoms with Gasteiger partial charge in [0.25, 0.3) is 0 Å². The normalized spacial score (nSPS) is 19.5. The number of fused-ring (bicyclic) bond motifs is 1. The summed E-state index contributed by atoms with van der Waals surface area (Å²) >= 11 is 0. The molecule has 0 spiro atoms. The summed E-state index contributed by atoms with van der Waals surface area (Å²) in [7, 11) is 0. The van der Waals surface area contributed by atoms with Gasteiger partial charge in [0, 0.05) is 18.1 Å². The Morgan fingerprint density at radius 3 is 3.16 bits per heavy atom. The predicted molar refractivity (Wildman–Crippen MR) is 77.5 cm³/mol. The van der Waals surface area contributed by atoms with Crippen LogP contribution in [0.4, 0.5) is 5.82 Å². The Morgan fingerprint density at radius 2 is 2.32 bits per heavy atom. The minimum absolute atomic E-state index is 0.293. The SMILES string of the molecule is Oc1ccc2c(NCC3CCCNC3)nccc2c1. The van der Waals surface area contributed by atoms with Crippen molar-refractivity contribution in [2.45, 2.75) is 12.8 Å². The molecule has 0 radical (unpaired) electrons. The van der Waals surface area contributed by atoms with Crippen LogP contribution in [0.15, 0.2) is 30.5 Å². The summed E-state index contributed by atoms with van der Waals surface area (Å²) in [5, 5.41) is 18.4. The van der Waals surface area contributed by atoms with E-state index in [0.29, 0.717) is 11.7 Å². The van der Waals surface area contributed by atoms with Crippen LogP contribution in [0.2, 0.25) is 0 Å². The average molecular weight is 257 g/mol. The molecule has 3 rings (SSSR count). The van der Waals surface area contributed by atoms with E-state index in [4.69, 9.17) is 0 Å². The van der Waals surface area contributed by atoms with Gasteiger partial charge in [-0.15, -0.1) is 0 Å². The number of phenolic OH excluding ortho intramolecular Hbond substituents is 1. The van der Waals surface area contributed by atoms with Gasteiger partial charge in [0.2, 0.25) is 0 Å². The molecule has 0 aliphatic carbocycles. The molecule has 19 heavy (non-hydrogen) atoms. The lowest BCUT2D eigenvalue weighted by Gasteiger charge is -2.23. The number of aromatic hydroxyl groups is 1. The third kappa shape index (κ3) is 2.79. The number of rotatable bonds is 3. The highest BCUT2D eigenvalue weighted by molar-refractivity contribution is 5.92. The van der Waals surface area contributed by atoms with Gasteiger partial charge in [-0.1, -0.05) is 0 Å². The Kier molecular flexibility index (Phi) is 3.51. The zero-order valence-electron chi connectivity index (χ0n) is 10.9. The molecule has 1 aromatic carbocycles. The lowest BCUT2D eigenvalue weighted by molar-refractivity contribution is 0.393. The van der Waals surface area contributed by atoms with Gasteiger partial charge in [-0.25, -0.2) is 4.98 Å². The molecular weight excluding hydrogens is 238 g/mol. The van der Waals surface area contributed by atoms with Crippen molar-refractivity contribution in [3.63, 3.8) is 0 Å². The van der Waals surface area contributed by atoms with Crippen molar-refractivity contribution in [1.29, 1.82) is 0 Å². The monoisotopic (exact) mass is 257 g/mol. The van der Waals surface area contributed by atoms with Crippen molar-refractivity contribution in [2.75, 3.05) is 25.0 Å². The first-order chi connectivity index (χ1) is 9.33. The highest BCUT2D eigenvalue weighted by atomic mass is 16.3. The molecule has 2 heterocycles. The Morgan fingerprint density at radius 1 is 1.37 bits per heavy atom. The zero-order chi connectivity index (χ0) is 13.1. The maximum atomic E-state index is 9.51. The van der Waals surface area contributed by atoms with Gasteiger partial charge in [-0.3, -0.25) is 0 Å². The summed E-state index contributed by atoms with van der Waals surface area (Å²) in [6.45, 7) is 3.17. The molecule has 0 saturated carbocycles. The molecule has 1 atom stereocenters. The summed E-state index contributed by atoms with van der Waals surface area (Å²) in [6, 6.07) is 7.31. The molecule has 1 aliphatic rings. The van der Waals surface area contributed by atoms with Crippen molar-refractivity contribution in [2.24, 2.45) is 5.92 Å². The van der Waals surface area contributed by atoms with Crippen LogP contribution in [0, 0.1) is 5.92 Å². The number of aromatic nitrogens is 1. The maximum absolute atomic E-state index is 9.51. The molecule has 0 amide bonds. The highest BCUT2D eigenvalue weighted by Gasteiger charge is 2.13. The molecule has 3 N–H and O–H groups in total. The van der Waals surface area contributed by atoms with Gasteiger partial charge < -0.3 is 15.7 Å². The van der Waals surface area contributed by atoms with Crippen molar-refractivity contribution < 1.29 is 5.11 Å². The molecule has 4 heteroatoms. The van der Waals surface area contributed by atoms with Crippen LogP contribution in [0.1, 0.15) is 12.8 Å². The number of nitrogens with zero attached hydrogens (tertiary/aromatic N) is 1. The van der Waals surface area contributed by atoms with Gasteiger partial charge in [-0.05, 0) is 61.5 Å². The second-order valence-electron chi connectivity index (χ2n) is 5.16. The molecule has 1 fully saturated rings. The van der Waals surface area contributed by atoms with E-state index >= 15 is 0 Å². The molecule has 4 nitrogen and oxygen atoms in total. The Bertz CT molecular complexity index is 564.